The van der Waals surface area contributed by atoms with Gasteiger partial charge in [0.05, 0.1) is 19.8 Å². The topological polar surface area (TPSA) is 231 Å². The number of unbranched alkanes of at least 4 members (excludes halogenated alkanes) is 17. The molecule has 0 amide bonds. The van der Waals surface area contributed by atoms with Crippen LogP contribution in [0.15, 0.2) is 48.6 Å². The normalized spacial score (nSPS) is 26.6. The summed E-state index contributed by atoms with van der Waals surface area (Å²) in [6, 6.07) is 0. The van der Waals surface area contributed by atoms with Crippen LogP contribution in [0.3, 0.4) is 0 Å². The second-order valence-corrected chi connectivity index (χ2v) is 17.7. The van der Waals surface area contributed by atoms with Gasteiger partial charge in [-0.25, -0.2) is 0 Å². The Morgan fingerprint density at radius 2 is 0.955 bits per heavy atom. The van der Waals surface area contributed by atoms with Gasteiger partial charge in [-0.3, -0.25) is 9.59 Å². The van der Waals surface area contributed by atoms with Crippen molar-refractivity contribution >= 4 is 11.9 Å². The third-order valence-electron chi connectivity index (χ3n) is 11.8. The Morgan fingerprint density at radius 1 is 0.500 bits per heavy atom. The molecule has 2 aliphatic heterocycles. The fraction of sp³-hybridized carbons (Fsp3) is 0.804. The molecule has 0 aromatic carbocycles. The van der Waals surface area contributed by atoms with Crippen molar-refractivity contribution < 1.29 is 73.8 Å². The van der Waals surface area contributed by atoms with Gasteiger partial charge < -0.3 is 64.2 Å². The van der Waals surface area contributed by atoms with Crippen LogP contribution in [0.5, 0.6) is 0 Å². The second kappa shape index (κ2) is 38.3. The molecule has 2 aliphatic rings. The number of hydrogen-bond acceptors (Lipinski definition) is 15. The molecule has 4 unspecified atom stereocenters. The molecular weight excluding hydrogens is 853 g/mol. The molecule has 0 spiro atoms. The van der Waals surface area contributed by atoms with Crippen LogP contribution in [0.25, 0.3) is 0 Å². The molecule has 0 aromatic heterocycles. The van der Waals surface area contributed by atoms with Crippen LogP contribution >= 0.6 is 0 Å². The summed E-state index contributed by atoms with van der Waals surface area (Å²) in [6.07, 6.45) is 24.2. The number of aliphatic hydroxyl groups excluding tert-OH is 7. The van der Waals surface area contributed by atoms with Crippen LogP contribution in [0.4, 0.5) is 0 Å². The van der Waals surface area contributed by atoms with Gasteiger partial charge in [0.15, 0.2) is 18.7 Å². The molecule has 2 saturated heterocycles. The largest absolute Gasteiger partial charge is 0.462 e. The van der Waals surface area contributed by atoms with E-state index in [9.17, 15) is 45.3 Å². The molecule has 2 heterocycles. The summed E-state index contributed by atoms with van der Waals surface area (Å²) in [5, 5.41) is 72.0. The molecule has 2 fully saturated rings. The van der Waals surface area contributed by atoms with E-state index in [0.717, 1.165) is 83.5 Å². The molecule has 7 N–H and O–H groups in total. The highest BCUT2D eigenvalue weighted by atomic mass is 16.7. The number of esters is 2. The molecule has 0 radical (unpaired) electrons. The lowest BCUT2D eigenvalue weighted by Gasteiger charge is -2.42. The Bertz CT molecular complexity index is 1340. The van der Waals surface area contributed by atoms with E-state index in [1.807, 2.05) is 0 Å². The van der Waals surface area contributed by atoms with Gasteiger partial charge >= 0.3 is 11.9 Å². The lowest BCUT2D eigenvalue weighted by atomic mass is 9.98. The van der Waals surface area contributed by atoms with Crippen molar-refractivity contribution in [2.75, 3.05) is 26.4 Å². The first-order valence-corrected chi connectivity index (χ1v) is 25.2. The van der Waals surface area contributed by atoms with E-state index < -0.39 is 99.3 Å². The van der Waals surface area contributed by atoms with E-state index in [0.29, 0.717) is 12.8 Å². The third kappa shape index (κ3) is 26.3. The fourth-order valence-electron chi connectivity index (χ4n) is 7.59. The highest BCUT2D eigenvalue weighted by Crippen LogP contribution is 2.26. The van der Waals surface area contributed by atoms with Gasteiger partial charge in [0, 0.05) is 12.8 Å². The number of allylic oxidation sites excluding steroid dienone is 8. The van der Waals surface area contributed by atoms with Gasteiger partial charge in [0.25, 0.3) is 0 Å². The first-order valence-electron chi connectivity index (χ1n) is 25.2. The van der Waals surface area contributed by atoms with Crippen LogP contribution in [0, 0.1) is 0 Å². The maximum Gasteiger partial charge on any atom is 0.306 e. The van der Waals surface area contributed by atoms with Crippen molar-refractivity contribution in [3.63, 3.8) is 0 Å². The number of carbonyl (C=O) groups is 2. The summed E-state index contributed by atoms with van der Waals surface area (Å²) in [5.41, 5.74) is 0. The van der Waals surface area contributed by atoms with Gasteiger partial charge in [-0.1, -0.05) is 133 Å². The molecule has 0 aliphatic carbocycles. The van der Waals surface area contributed by atoms with E-state index in [2.05, 4.69) is 62.5 Å². The van der Waals surface area contributed by atoms with E-state index in [-0.39, 0.29) is 19.4 Å². The van der Waals surface area contributed by atoms with Crippen molar-refractivity contribution in [1.29, 1.82) is 0 Å². The van der Waals surface area contributed by atoms with Gasteiger partial charge in [-0.2, -0.15) is 0 Å². The SMILES string of the molecule is CCCCC/C=C/C/C=C/CCCCCCCC(=O)OC[C@H](CO[C@@H]1O[C@H](CO[C@@H]2O[C@H](CO)[C@H](O)C(O)C2O)[C@H](O)C(O)C1O)OC(=O)CCCCCCC/C=C/C=C/CCCCCC. The Morgan fingerprint density at radius 3 is 1.53 bits per heavy atom. The van der Waals surface area contributed by atoms with Crippen molar-refractivity contribution in [2.24, 2.45) is 0 Å². The maximum atomic E-state index is 13.0. The van der Waals surface area contributed by atoms with Gasteiger partial charge in [0.1, 0.15) is 55.4 Å². The standard InChI is InChI=1S/C51H88O15/c1-3-5-7-9-11-13-15-17-19-21-23-25-27-29-31-33-42(53)61-36-39(64-43(54)34-32-30-28-26-24-22-20-18-16-14-12-10-8-6-4-2)37-62-50-49(60)47(58)45(56)41(66-50)38-63-51-48(59)46(57)44(55)40(35-52)65-51/h11,13-14,16-20,39-41,44-52,55-60H,3-10,12,15,21-38H2,1-2H3/b13-11+,16-14+,19-17+,20-18+/t39-,40-,41-,44+,45+,46?,47?,48?,49?,50-,51-/m1/s1. The molecule has 382 valence electrons. The number of hydrogen-bond donors (Lipinski definition) is 7. The summed E-state index contributed by atoms with van der Waals surface area (Å²) in [7, 11) is 0. The lowest BCUT2D eigenvalue weighted by molar-refractivity contribution is -0.332. The van der Waals surface area contributed by atoms with E-state index in [4.69, 9.17) is 28.4 Å². The van der Waals surface area contributed by atoms with Gasteiger partial charge in [0.2, 0.25) is 0 Å². The summed E-state index contributed by atoms with van der Waals surface area (Å²) >= 11 is 0. The Kier molecular flexibility index (Phi) is 34.6. The first-order chi connectivity index (χ1) is 32.0. The monoisotopic (exact) mass is 941 g/mol. The van der Waals surface area contributed by atoms with Crippen LogP contribution < -0.4 is 0 Å². The molecular formula is C51H88O15. The third-order valence-corrected chi connectivity index (χ3v) is 11.8. The summed E-state index contributed by atoms with van der Waals surface area (Å²) in [4.78, 5) is 25.7. The zero-order chi connectivity index (χ0) is 48.2. The van der Waals surface area contributed by atoms with Crippen LogP contribution in [0.2, 0.25) is 0 Å². The van der Waals surface area contributed by atoms with Crippen LogP contribution in [0.1, 0.15) is 168 Å². The summed E-state index contributed by atoms with van der Waals surface area (Å²) in [5.74, 6) is -0.961. The van der Waals surface area contributed by atoms with E-state index in [1.165, 1.54) is 44.9 Å². The minimum atomic E-state index is -1.77. The Balaban J connectivity index is 1.84. The smallest absolute Gasteiger partial charge is 0.306 e. The Hall–Kier alpha value is -2.54. The minimum Gasteiger partial charge on any atom is -0.462 e. The van der Waals surface area contributed by atoms with E-state index >= 15 is 0 Å². The quantitative estimate of drug-likeness (QED) is 0.0148. The zero-order valence-electron chi connectivity index (χ0n) is 40.2. The highest BCUT2D eigenvalue weighted by molar-refractivity contribution is 5.70. The highest BCUT2D eigenvalue weighted by Gasteiger charge is 2.47. The average molecular weight is 941 g/mol. The van der Waals surface area contributed by atoms with Crippen LogP contribution in [-0.2, 0) is 38.0 Å². The second-order valence-electron chi connectivity index (χ2n) is 17.7. The number of ether oxygens (including phenoxy) is 6. The van der Waals surface area contributed by atoms with Crippen molar-refractivity contribution in [3.05, 3.63) is 48.6 Å². The molecule has 0 bridgehead atoms. The maximum absolute atomic E-state index is 13.0. The van der Waals surface area contributed by atoms with Crippen LogP contribution in [-0.4, -0.2) is 142 Å². The predicted molar refractivity (Wildman–Crippen MR) is 252 cm³/mol. The zero-order valence-corrected chi connectivity index (χ0v) is 40.2. The number of aliphatic hydroxyl groups is 7. The van der Waals surface area contributed by atoms with Gasteiger partial charge in [-0.15, -0.1) is 0 Å². The molecule has 0 aromatic rings. The summed E-state index contributed by atoms with van der Waals surface area (Å²) < 4.78 is 33.5. The Labute approximate surface area is 395 Å². The molecule has 2 rings (SSSR count). The number of carbonyl (C=O) groups excluding carboxylic acids is 2. The molecule has 11 atom stereocenters. The first kappa shape index (κ1) is 59.6. The van der Waals surface area contributed by atoms with Crippen molar-refractivity contribution in [3.8, 4) is 0 Å². The van der Waals surface area contributed by atoms with Crippen molar-refractivity contribution in [1.82, 2.24) is 0 Å². The fourth-order valence-corrected chi connectivity index (χ4v) is 7.59. The minimum absolute atomic E-state index is 0.143. The lowest BCUT2D eigenvalue weighted by Crippen LogP contribution is -2.61. The van der Waals surface area contributed by atoms with Crippen molar-refractivity contribution in [2.45, 2.75) is 235 Å². The molecule has 0 saturated carbocycles. The van der Waals surface area contributed by atoms with Gasteiger partial charge in [-0.05, 0) is 70.6 Å². The predicted octanol–water partition coefficient (Wildman–Crippen LogP) is 6.71. The molecule has 66 heavy (non-hydrogen) atoms. The van der Waals surface area contributed by atoms with E-state index in [1.54, 1.807) is 0 Å². The summed E-state index contributed by atoms with van der Waals surface area (Å²) in [6.45, 7) is 2.50. The number of rotatable bonds is 38. The molecule has 15 nitrogen and oxygen atoms in total. The molecule has 15 heteroatoms. The average Bonchev–Trinajstić information content (AvgIpc) is 3.31.